The summed E-state index contributed by atoms with van der Waals surface area (Å²) in [5, 5.41) is 0. The maximum atomic E-state index is 13.5. The molecular formula is C15H15FN2O. The molecular weight excluding hydrogens is 243 g/mol. The fraction of sp³-hybridized carbons (Fsp3) is 0.200. The first-order valence-electron chi connectivity index (χ1n) is 6.07. The summed E-state index contributed by atoms with van der Waals surface area (Å²) in [4.78, 5) is 17.5. The van der Waals surface area contributed by atoms with Gasteiger partial charge in [0, 0.05) is 26.0 Å². The molecule has 0 bridgehead atoms. The summed E-state index contributed by atoms with van der Waals surface area (Å²) in [6, 6.07) is 9.84. The van der Waals surface area contributed by atoms with E-state index in [0.717, 1.165) is 12.0 Å². The number of halogens is 1. The van der Waals surface area contributed by atoms with Crippen LogP contribution in [0.1, 0.15) is 15.9 Å². The van der Waals surface area contributed by atoms with E-state index in [0.29, 0.717) is 6.54 Å². The van der Waals surface area contributed by atoms with Crippen molar-refractivity contribution in [2.45, 2.75) is 6.42 Å². The Labute approximate surface area is 111 Å². The molecule has 0 radical (unpaired) electrons. The number of aromatic nitrogens is 1. The van der Waals surface area contributed by atoms with Crippen molar-refractivity contribution in [2.24, 2.45) is 0 Å². The number of rotatable bonds is 4. The second-order valence-electron chi connectivity index (χ2n) is 4.31. The van der Waals surface area contributed by atoms with Crippen LogP contribution in [0.4, 0.5) is 4.39 Å². The maximum Gasteiger partial charge on any atom is 0.256 e. The topological polar surface area (TPSA) is 33.2 Å². The predicted molar refractivity (Wildman–Crippen MR) is 71.3 cm³/mol. The van der Waals surface area contributed by atoms with Crippen molar-refractivity contribution in [3.63, 3.8) is 0 Å². The largest absolute Gasteiger partial charge is 0.341 e. The van der Waals surface area contributed by atoms with Crippen LogP contribution in [0.2, 0.25) is 0 Å². The van der Waals surface area contributed by atoms with Crippen molar-refractivity contribution in [3.8, 4) is 0 Å². The first kappa shape index (κ1) is 13.2. The number of carbonyl (C=O) groups is 1. The molecule has 1 heterocycles. The summed E-state index contributed by atoms with van der Waals surface area (Å²) in [6.07, 6.45) is 4.15. The third kappa shape index (κ3) is 3.37. The molecule has 0 aliphatic carbocycles. The number of likely N-dealkylation sites (N-methyl/N-ethyl adjacent to an activating group) is 1. The molecule has 1 aromatic heterocycles. The van der Waals surface area contributed by atoms with Gasteiger partial charge in [0.05, 0.1) is 5.56 Å². The normalized spacial score (nSPS) is 10.2. The highest BCUT2D eigenvalue weighted by molar-refractivity contribution is 5.94. The number of hydrogen-bond donors (Lipinski definition) is 0. The van der Waals surface area contributed by atoms with E-state index in [1.807, 2.05) is 12.1 Å². The molecule has 0 saturated carbocycles. The predicted octanol–water partition coefficient (Wildman–Crippen LogP) is 2.54. The Balaban J connectivity index is 1.99. The van der Waals surface area contributed by atoms with Gasteiger partial charge in [0.25, 0.3) is 5.91 Å². The van der Waals surface area contributed by atoms with Crippen LogP contribution in [0.15, 0.2) is 48.8 Å². The van der Waals surface area contributed by atoms with Gasteiger partial charge in [-0.05, 0) is 36.2 Å². The zero-order valence-corrected chi connectivity index (χ0v) is 10.7. The number of benzene rings is 1. The molecule has 0 saturated heterocycles. The monoisotopic (exact) mass is 258 g/mol. The van der Waals surface area contributed by atoms with Gasteiger partial charge in [-0.3, -0.25) is 9.78 Å². The fourth-order valence-electron chi connectivity index (χ4n) is 1.79. The molecule has 2 aromatic rings. The van der Waals surface area contributed by atoms with Gasteiger partial charge in [-0.15, -0.1) is 0 Å². The summed E-state index contributed by atoms with van der Waals surface area (Å²) in [6.45, 7) is 0.539. The molecule has 0 aliphatic rings. The van der Waals surface area contributed by atoms with Crippen LogP contribution in [-0.4, -0.2) is 29.4 Å². The van der Waals surface area contributed by atoms with Gasteiger partial charge >= 0.3 is 0 Å². The van der Waals surface area contributed by atoms with Gasteiger partial charge < -0.3 is 4.90 Å². The molecule has 3 nitrogen and oxygen atoms in total. The van der Waals surface area contributed by atoms with E-state index < -0.39 is 5.82 Å². The van der Waals surface area contributed by atoms with Gasteiger partial charge in [0.15, 0.2) is 0 Å². The van der Waals surface area contributed by atoms with Crippen LogP contribution in [0, 0.1) is 5.82 Å². The number of carbonyl (C=O) groups excluding carboxylic acids is 1. The first-order chi connectivity index (χ1) is 9.18. The Bertz CT molecular complexity index is 557. The van der Waals surface area contributed by atoms with Crippen LogP contribution in [0.3, 0.4) is 0 Å². The summed E-state index contributed by atoms with van der Waals surface area (Å²) >= 11 is 0. The van der Waals surface area contributed by atoms with E-state index >= 15 is 0 Å². The Morgan fingerprint density at radius 1 is 1.21 bits per heavy atom. The van der Waals surface area contributed by atoms with Crippen LogP contribution in [0.25, 0.3) is 0 Å². The van der Waals surface area contributed by atoms with Crippen LogP contribution in [0.5, 0.6) is 0 Å². The highest BCUT2D eigenvalue weighted by atomic mass is 19.1. The molecule has 4 heteroatoms. The van der Waals surface area contributed by atoms with Crippen molar-refractivity contribution in [1.29, 1.82) is 0 Å². The average molecular weight is 258 g/mol. The fourth-order valence-corrected chi connectivity index (χ4v) is 1.79. The van der Waals surface area contributed by atoms with Crippen molar-refractivity contribution in [3.05, 3.63) is 65.7 Å². The minimum Gasteiger partial charge on any atom is -0.341 e. The van der Waals surface area contributed by atoms with Gasteiger partial charge in [0.2, 0.25) is 0 Å². The van der Waals surface area contributed by atoms with E-state index in [4.69, 9.17) is 0 Å². The van der Waals surface area contributed by atoms with Crippen molar-refractivity contribution < 1.29 is 9.18 Å². The van der Waals surface area contributed by atoms with E-state index in [9.17, 15) is 9.18 Å². The van der Waals surface area contributed by atoms with Gasteiger partial charge in [-0.25, -0.2) is 4.39 Å². The Kier molecular flexibility index (Phi) is 4.23. The molecule has 98 valence electrons. The van der Waals surface area contributed by atoms with E-state index in [1.165, 1.54) is 17.0 Å². The lowest BCUT2D eigenvalue weighted by atomic mass is 10.1. The quantitative estimate of drug-likeness (QED) is 0.844. The van der Waals surface area contributed by atoms with Crippen molar-refractivity contribution in [1.82, 2.24) is 9.88 Å². The molecule has 0 fully saturated rings. The molecule has 0 unspecified atom stereocenters. The number of hydrogen-bond acceptors (Lipinski definition) is 2. The standard InChI is InChI=1S/C15H15FN2O/c1-18(11-8-12-6-9-17-10-7-12)15(19)13-4-2-3-5-14(13)16/h2-7,9-10H,8,11H2,1H3. The van der Waals surface area contributed by atoms with Gasteiger partial charge in [0.1, 0.15) is 5.82 Å². The molecule has 2 rings (SSSR count). The zero-order valence-electron chi connectivity index (χ0n) is 10.7. The van der Waals surface area contributed by atoms with Crippen molar-refractivity contribution >= 4 is 5.91 Å². The molecule has 1 aromatic carbocycles. The van der Waals surface area contributed by atoms with E-state index in [-0.39, 0.29) is 11.5 Å². The van der Waals surface area contributed by atoms with Crippen molar-refractivity contribution in [2.75, 3.05) is 13.6 Å². The Morgan fingerprint density at radius 2 is 1.89 bits per heavy atom. The third-order valence-corrected chi connectivity index (χ3v) is 2.94. The highest BCUT2D eigenvalue weighted by Crippen LogP contribution is 2.09. The molecule has 0 atom stereocenters. The molecule has 0 spiro atoms. The minimum atomic E-state index is -0.483. The van der Waals surface area contributed by atoms with E-state index in [1.54, 1.807) is 31.6 Å². The highest BCUT2D eigenvalue weighted by Gasteiger charge is 2.15. The molecule has 0 aliphatic heterocycles. The molecule has 19 heavy (non-hydrogen) atoms. The summed E-state index contributed by atoms with van der Waals surface area (Å²) in [5.74, 6) is -0.782. The summed E-state index contributed by atoms with van der Waals surface area (Å²) < 4.78 is 13.5. The number of amides is 1. The average Bonchev–Trinajstić information content (AvgIpc) is 2.45. The van der Waals surface area contributed by atoms with Crippen LogP contribution < -0.4 is 0 Å². The van der Waals surface area contributed by atoms with Gasteiger partial charge in [-0.2, -0.15) is 0 Å². The second-order valence-corrected chi connectivity index (χ2v) is 4.31. The Morgan fingerprint density at radius 3 is 2.58 bits per heavy atom. The lowest BCUT2D eigenvalue weighted by Crippen LogP contribution is -2.29. The number of pyridine rings is 1. The maximum absolute atomic E-state index is 13.5. The minimum absolute atomic E-state index is 0.111. The zero-order chi connectivity index (χ0) is 13.7. The van der Waals surface area contributed by atoms with Gasteiger partial charge in [-0.1, -0.05) is 12.1 Å². The Hall–Kier alpha value is -2.23. The van der Waals surface area contributed by atoms with Crippen LogP contribution in [-0.2, 0) is 6.42 Å². The summed E-state index contributed by atoms with van der Waals surface area (Å²) in [7, 11) is 1.68. The SMILES string of the molecule is CN(CCc1ccncc1)C(=O)c1ccccc1F. The third-order valence-electron chi connectivity index (χ3n) is 2.94. The second kappa shape index (κ2) is 6.09. The molecule has 0 N–H and O–H groups in total. The smallest absolute Gasteiger partial charge is 0.256 e. The summed E-state index contributed by atoms with van der Waals surface area (Å²) in [5.41, 5.74) is 1.21. The lowest BCUT2D eigenvalue weighted by Gasteiger charge is -2.17. The van der Waals surface area contributed by atoms with E-state index in [2.05, 4.69) is 4.98 Å². The van der Waals surface area contributed by atoms with Crippen LogP contribution >= 0.6 is 0 Å². The lowest BCUT2D eigenvalue weighted by molar-refractivity contribution is 0.0792. The number of nitrogens with zero attached hydrogens (tertiary/aromatic N) is 2. The first-order valence-corrected chi connectivity index (χ1v) is 6.07. The molecule has 1 amide bonds.